The molecule has 2 N–H and O–H groups in total. The summed E-state index contributed by atoms with van der Waals surface area (Å²) in [6.07, 6.45) is 5.41. The molecule has 20 heavy (non-hydrogen) atoms. The van der Waals surface area contributed by atoms with E-state index < -0.39 is 0 Å². The molecule has 0 radical (unpaired) electrons. The van der Waals surface area contributed by atoms with Crippen LogP contribution in [0.5, 0.6) is 0 Å². The van der Waals surface area contributed by atoms with Crippen LogP contribution in [0.2, 0.25) is 0 Å². The highest BCUT2D eigenvalue weighted by Gasteiger charge is 2.28. The number of carbonyl (C=O) groups excluding carboxylic acids is 1. The molecule has 1 aromatic carbocycles. The minimum Gasteiger partial charge on any atom is -0.394 e. The molecule has 0 aliphatic carbocycles. The van der Waals surface area contributed by atoms with E-state index in [-0.39, 0.29) is 18.6 Å². The van der Waals surface area contributed by atoms with Crippen molar-refractivity contribution < 1.29 is 9.90 Å². The van der Waals surface area contributed by atoms with Gasteiger partial charge in [-0.15, -0.1) is 0 Å². The highest BCUT2D eigenvalue weighted by atomic mass is 16.3. The molecule has 0 spiro atoms. The monoisotopic (exact) mass is 271 g/mol. The van der Waals surface area contributed by atoms with Crippen LogP contribution in [0.3, 0.4) is 0 Å². The average molecular weight is 271 g/mol. The van der Waals surface area contributed by atoms with E-state index in [0.29, 0.717) is 5.56 Å². The van der Waals surface area contributed by atoms with E-state index in [9.17, 15) is 9.90 Å². The van der Waals surface area contributed by atoms with Crippen molar-refractivity contribution in [2.75, 3.05) is 13.2 Å². The van der Waals surface area contributed by atoms with Crippen molar-refractivity contribution in [2.45, 2.75) is 18.9 Å². The van der Waals surface area contributed by atoms with Crippen LogP contribution in [0.1, 0.15) is 23.2 Å². The molecule has 5 nitrogen and oxygen atoms in total. The van der Waals surface area contributed by atoms with Gasteiger partial charge in [-0.25, -0.2) is 0 Å². The van der Waals surface area contributed by atoms with Gasteiger partial charge in [0.2, 0.25) is 0 Å². The number of hydrogen-bond donors (Lipinski definition) is 2. The van der Waals surface area contributed by atoms with Crippen molar-refractivity contribution in [3.63, 3.8) is 0 Å². The summed E-state index contributed by atoms with van der Waals surface area (Å²) < 4.78 is 0. The number of aliphatic hydroxyl groups is 1. The standard InChI is InChI=1S/C15H17N3O2/c19-10-14-2-1-7-18(14)15(20)12-5-3-11(4-6-12)13-8-16-17-9-13/h3-6,8-9,14,19H,1-2,7,10H2,(H,16,17). The van der Waals surface area contributed by atoms with Crippen molar-refractivity contribution in [3.8, 4) is 11.1 Å². The van der Waals surface area contributed by atoms with Gasteiger partial charge in [-0.2, -0.15) is 5.10 Å². The van der Waals surface area contributed by atoms with Crippen LogP contribution >= 0.6 is 0 Å². The van der Waals surface area contributed by atoms with Gasteiger partial charge in [0.25, 0.3) is 5.91 Å². The van der Waals surface area contributed by atoms with Crippen molar-refractivity contribution in [1.29, 1.82) is 0 Å². The Bertz CT molecular complexity index is 578. The summed E-state index contributed by atoms with van der Waals surface area (Å²) in [6.45, 7) is 0.770. The predicted octanol–water partition coefficient (Wildman–Crippen LogP) is 1.67. The first kappa shape index (κ1) is 12.9. The summed E-state index contributed by atoms with van der Waals surface area (Å²) in [7, 11) is 0. The first-order valence-corrected chi connectivity index (χ1v) is 6.80. The number of aliphatic hydroxyl groups excluding tert-OH is 1. The van der Waals surface area contributed by atoms with E-state index in [2.05, 4.69) is 10.2 Å². The molecule has 1 aromatic heterocycles. The maximum absolute atomic E-state index is 12.4. The molecule has 2 aromatic rings. The lowest BCUT2D eigenvalue weighted by Crippen LogP contribution is -2.37. The molecule has 104 valence electrons. The Morgan fingerprint density at radius 3 is 2.80 bits per heavy atom. The first-order chi connectivity index (χ1) is 9.79. The number of carbonyl (C=O) groups is 1. The summed E-state index contributed by atoms with van der Waals surface area (Å²) in [4.78, 5) is 14.2. The predicted molar refractivity (Wildman–Crippen MR) is 75.2 cm³/mol. The van der Waals surface area contributed by atoms with E-state index >= 15 is 0 Å². The largest absolute Gasteiger partial charge is 0.394 e. The van der Waals surface area contributed by atoms with Crippen LogP contribution in [-0.2, 0) is 0 Å². The maximum atomic E-state index is 12.4. The minimum absolute atomic E-state index is 0.000272. The topological polar surface area (TPSA) is 69.2 Å². The van der Waals surface area contributed by atoms with Gasteiger partial charge in [-0.3, -0.25) is 9.89 Å². The molecule has 3 rings (SSSR count). The molecule has 0 saturated carbocycles. The second kappa shape index (κ2) is 5.46. The van der Waals surface area contributed by atoms with Crippen molar-refractivity contribution >= 4 is 5.91 Å². The van der Waals surface area contributed by atoms with E-state index in [0.717, 1.165) is 30.5 Å². The second-order valence-electron chi connectivity index (χ2n) is 5.04. The molecule has 1 unspecified atom stereocenters. The third-order valence-electron chi connectivity index (χ3n) is 3.81. The highest BCUT2D eigenvalue weighted by molar-refractivity contribution is 5.95. The number of nitrogens with one attached hydrogen (secondary N) is 1. The summed E-state index contributed by atoms with van der Waals surface area (Å²) in [6, 6.07) is 7.47. The Labute approximate surface area is 117 Å². The van der Waals surface area contributed by atoms with Crippen LogP contribution < -0.4 is 0 Å². The highest BCUT2D eigenvalue weighted by Crippen LogP contribution is 2.22. The Balaban J connectivity index is 1.79. The molecule has 1 saturated heterocycles. The van der Waals surface area contributed by atoms with Gasteiger partial charge in [0.05, 0.1) is 18.8 Å². The number of benzene rings is 1. The molecule has 1 fully saturated rings. The third kappa shape index (κ3) is 2.32. The summed E-state index contributed by atoms with van der Waals surface area (Å²) in [5.41, 5.74) is 2.69. The lowest BCUT2D eigenvalue weighted by atomic mass is 10.1. The fraction of sp³-hybridized carbons (Fsp3) is 0.333. The number of aromatic nitrogens is 2. The fourth-order valence-electron chi connectivity index (χ4n) is 2.67. The Hall–Kier alpha value is -2.14. The number of nitrogens with zero attached hydrogens (tertiary/aromatic N) is 2. The minimum atomic E-state index is -0.0314. The Morgan fingerprint density at radius 1 is 1.35 bits per heavy atom. The molecule has 0 bridgehead atoms. The Morgan fingerprint density at radius 2 is 2.15 bits per heavy atom. The van der Waals surface area contributed by atoms with Gasteiger partial charge in [-0.05, 0) is 30.5 Å². The lowest BCUT2D eigenvalue weighted by molar-refractivity contribution is 0.0677. The van der Waals surface area contributed by atoms with Crippen LogP contribution in [0, 0.1) is 0 Å². The van der Waals surface area contributed by atoms with Crippen LogP contribution in [-0.4, -0.2) is 45.3 Å². The van der Waals surface area contributed by atoms with Gasteiger partial charge in [0.1, 0.15) is 0 Å². The van der Waals surface area contributed by atoms with Gasteiger partial charge in [0, 0.05) is 23.9 Å². The van der Waals surface area contributed by atoms with Gasteiger partial charge < -0.3 is 10.0 Å². The number of rotatable bonds is 3. The number of hydrogen-bond acceptors (Lipinski definition) is 3. The molecule has 1 aliphatic rings. The molecule has 2 heterocycles. The van der Waals surface area contributed by atoms with Crippen LogP contribution in [0.4, 0.5) is 0 Å². The second-order valence-corrected chi connectivity index (χ2v) is 5.04. The molecule has 1 aliphatic heterocycles. The van der Waals surface area contributed by atoms with Crippen LogP contribution in [0.25, 0.3) is 11.1 Å². The quantitative estimate of drug-likeness (QED) is 0.892. The van der Waals surface area contributed by atoms with Gasteiger partial charge >= 0.3 is 0 Å². The van der Waals surface area contributed by atoms with E-state index in [4.69, 9.17) is 0 Å². The SMILES string of the molecule is O=C(c1ccc(-c2cn[nH]c2)cc1)N1CCCC1CO. The maximum Gasteiger partial charge on any atom is 0.254 e. The van der Waals surface area contributed by atoms with E-state index in [1.54, 1.807) is 11.1 Å². The number of H-pyrrole nitrogens is 1. The van der Waals surface area contributed by atoms with Crippen molar-refractivity contribution in [2.24, 2.45) is 0 Å². The smallest absolute Gasteiger partial charge is 0.254 e. The summed E-state index contributed by atoms with van der Waals surface area (Å²) in [5.74, 6) is 0.000272. The van der Waals surface area contributed by atoms with E-state index in [1.807, 2.05) is 30.5 Å². The normalized spacial score (nSPS) is 18.4. The molecular formula is C15H17N3O2. The lowest BCUT2D eigenvalue weighted by Gasteiger charge is -2.23. The third-order valence-corrected chi connectivity index (χ3v) is 3.81. The molecule has 1 atom stereocenters. The molecular weight excluding hydrogens is 254 g/mol. The zero-order valence-electron chi connectivity index (χ0n) is 11.1. The van der Waals surface area contributed by atoms with Crippen molar-refractivity contribution in [1.82, 2.24) is 15.1 Å². The fourth-order valence-corrected chi connectivity index (χ4v) is 2.67. The molecule has 5 heteroatoms. The molecule has 1 amide bonds. The van der Waals surface area contributed by atoms with Gasteiger partial charge in [0.15, 0.2) is 0 Å². The summed E-state index contributed by atoms with van der Waals surface area (Å²) >= 11 is 0. The number of aromatic amines is 1. The number of likely N-dealkylation sites (tertiary alicyclic amines) is 1. The average Bonchev–Trinajstić information content (AvgIpc) is 3.17. The first-order valence-electron chi connectivity index (χ1n) is 6.80. The Kier molecular flexibility index (Phi) is 3.52. The zero-order chi connectivity index (χ0) is 13.9. The van der Waals surface area contributed by atoms with Crippen molar-refractivity contribution in [3.05, 3.63) is 42.2 Å². The summed E-state index contributed by atoms with van der Waals surface area (Å²) in [5, 5.41) is 16.0. The van der Waals surface area contributed by atoms with Crippen LogP contribution in [0.15, 0.2) is 36.7 Å². The zero-order valence-corrected chi connectivity index (χ0v) is 11.1. The van der Waals surface area contributed by atoms with Gasteiger partial charge in [-0.1, -0.05) is 12.1 Å². The number of amides is 1. The van der Waals surface area contributed by atoms with E-state index in [1.165, 1.54) is 0 Å².